The van der Waals surface area contributed by atoms with Gasteiger partial charge in [-0.3, -0.25) is 5.01 Å². The molecule has 1 heterocycles. The summed E-state index contributed by atoms with van der Waals surface area (Å²) in [6.45, 7) is 3.93. The molecule has 0 aromatic carbocycles. The van der Waals surface area contributed by atoms with Gasteiger partial charge in [-0.15, -0.1) is 0 Å². The number of nitrogens with zero attached hydrogens (tertiary/aromatic N) is 2. The van der Waals surface area contributed by atoms with Gasteiger partial charge in [0.05, 0.1) is 6.04 Å². The second-order valence-corrected chi connectivity index (χ2v) is 5.02. The van der Waals surface area contributed by atoms with Crippen molar-refractivity contribution in [3.63, 3.8) is 0 Å². The van der Waals surface area contributed by atoms with Gasteiger partial charge in [-0.05, 0) is 25.2 Å². The van der Waals surface area contributed by atoms with Crippen LogP contribution in [-0.2, 0) is 0 Å². The summed E-state index contributed by atoms with van der Waals surface area (Å²) in [6, 6.07) is 0.175. The summed E-state index contributed by atoms with van der Waals surface area (Å²) >= 11 is 0. The van der Waals surface area contributed by atoms with Crippen LogP contribution in [0, 0.1) is 5.92 Å². The molecule has 1 unspecified atom stereocenters. The summed E-state index contributed by atoms with van der Waals surface area (Å²) < 4.78 is 37.8. The molecule has 2 nitrogen and oxygen atoms in total. The number of alkyl halides is 3. The Morgan fingerprint density at radius 1 is 1.31 bits per heavy atom. The fourth-order valence-corrected chi connectivity index (χ4v) is 2.26. The SMILES string of the molecule is CC(C)C1CC(C(F)(F)F)=NN1C1CCC1. The fraction of sp³-hybridized carbons (Fsp3) is 0.909. The van der Waals surface area contributed by atoms with Crippen LogP contribution in [0.15, 0.2) is 5.10 Å². The van der Waals surface area contributed by atoms with Crippen LogP contribution in [0.4, 0.5) is 13.2 Å². The Labute approximate surface area is 93.5 Å². The minimum Gasteiger partial charge on any atom is -0.290 e. The first-order valence-corrected chi connectivity index (χ1v) is 5.82. The van der Waals surface area contributed by atoms with Gasteiger partial charge in [0.25, 0.3) is 0 Å². The molecule has 0 radical (unpaired) electrons. The normalized spacial score (nSPS) is 27.2. The molecule has 1 aliphatic heterocycles. The summed E-state index contributed by atoms with van der Waals surface area (Å²) in [7, 11) is 0. The Morgan fingerprint density at radius 2 is 1.94 bits per heavy atom. The van der Waals surface area contributed by atoms with Gasteiger partial charge in [-0.2, -0.15) is 18.3 Å². The van der Waals surface area contributed by atoms with Gasteiger partial charge in [-0.25, -0.2) is 0 Å². The van der Waals surface area contributed by atoms with E-state index in [9.17, 15) is 13.2 Å². The van der Waals surface area contributed by atoms with Crippen molar-refractivity contribution in [1.82, 2.24) is 5.01 Å². The Kier molecular flexibility index (Phi) is 2.88. The maximum atomic E-state index is 12.6. The van der Waals surface area contributed by atoms with Crippen LogP contribution in [0.25, 0.3) is 0 Å². The smallest absolute Gasteiger partial charge is 0.290 e. The van der Waals surface area contributed by atoms with Crippen molar-refractivity contribution < 1.29 is 13.2 Å². The molecule has 0 aromatic heterocycles. The number of halogens is 3. The molecule has 0 spiro atoms. The highest BCUT2D eigenvalue weighted by Crippen LogP contribution is 2.36. The lowest BCUT2D eigenvalue weighted by molar-refractivity contribution is -0.0602. The van der Waals surface area contributed by atoms with Crippen LogP contribution in [0.3, 0.4) is 0 Å². The number of hydrogen-bond acceptors (Lipinski definition) is 2. The van der Waals surface area contributed by atoms with Crippen molar-refractivity contribution in [2.75, 3.05) is 0 Å². The first-order chi connectivity index (χ1) is 7.39. The third-order valence-electron chi connectivity index (χ3n) is 3.52. The molecule has 0 N–H and O–H groups in total. The standard InChI is InChI=1S/C11H17F3N2/c1-7(2)9-6-10(11(12,13)14)15-16(9)8-4-3-5-8/h7-9H,3-6H2,1-2H3. The van der Waals surface area contributed by atoms with Gasteiger partial charge < -0.3 is 0 Å². The lowest BCUT2D eigenvalue weighted by atomic mass is 9.89. The van der Waals surface area contributed by atoms with Crippen LogP contribution in [0.2, 0.25) is 0 Å². The summed E-state index contributed by atoms with van der Waals surface area (Å²) in [5.74, 6) is 0.212. The highest BCUT2D eigenvalue weighted by molar-refractivity contribution is 5.91. The fourth-order valence-electron chi connectivity index (χ4n) is 2.26. The van der Waals surface area contributed by atoms with Gasteiger partial charge in [-0.1, -0.05) is 13.8 Å². The number of hydrogen-bond donors (Lipinski definition) is 0. The predicted molar refractivity (Wildman–Crippen MR) is 56.2 cm³/mol. The summed E-state index contributed by atoms with van der Waals surface area (Å²) in [5.41, 5.74) is -0.599. The molecule has 1 aliphatic carbocycles. The number of rotatable bonds is 2. The van der Waals surface area contributed by atoms with Gasteiger partial charge in [0, 0.05) is 12.5 Å². The van der Waals surface area contributed by atoms with E-state index in [2.05, 4.69) is 5.10 Å². The molecule has 0 saturated heterocycles. The second kappa shape index (κ2) is 3.93. The van der Waals surface area contributed by atoms with Crippen LogP contribution in [0.1, 0.15) is 39.5 Å². The molecule has 0 bridgehead atoms. The zero-order valence-corrected chi connectivity index (χ0v) is 9.59. The average molecular weight is 234 g/mol. The predicted octanol–water partition coefficient (Wildman–Crippen LogP) is 3.19. The zero-order chi connectivity index (χ0) is 11.9. The summed E-state index contributed by atoms with van der Waals surface area (Å²) in [4.78, 5) is 0. The van der Waals surface area contributed by atoms with Crippen molar-refractivity contribution in [3.8, 4) is 0 Å². The van der Waals surface area contributed by atoms with E-state index in [4.69, 9.17) is 0 Å². The van der Waals surface area contributed by atoms with Crippen molar-refractivity contribution in [1.29, 1.82) is 0 Å². The topological polar surface area (TPSA) is 15.6 Å². The van der Waals surface area contributed by atoms with Gasteiger partial charge in [0.1, 0.15) is 5.71 Å². The summed E-state index contributed by atoms with van der Waals surface area (Å²) in [5, 5.41) is 5.53. The molecule has 5 heteroatoms. The average Bonchev–Trinajstić information content (AvgIpc) is 2.44. The highest BCUT2D eigenvalue weighted by atomic mass is 19.4. The van der Waals surface area contributed by atoms with Gasteiger partial charge >= 0.3 is 6.18 Å². The Morgan fingerprint density at radius 3 is 2.31 bits per heavy atom. The quantitative estimate of drug-likeness (QED) is 0.716. The molecule has 0 amide bonds. The molecule has 1 saturated carbocycles. The van der Waals surface area contributed by atoms with Crippen LogP contribution < -0.4 is 0 Å². The highest BCUT2D eigenvalue weighted by Gasteiger charge is 2.45. The maximum absolute atomic E-state index is 12.6. The van der Waals surface area contributed by atoms with Crippen LogP contribution in [0.5, 0.6) is 0 Å². The molecule has 1 fully saturated rings. The maximum Gasteiger partial charge on any atom is 0.431 e. The molecular weight excluding hydrogens is 217 g/mol. The molecule has 92 valence electrons. The third kappa shape index (κ3) is 2.04. The second-order valence-electron chi connectivity index (χ2n) is 5.02. The van der Waals surface area contributed by atoms with E-state index in [1.807, 2.05) is 13.8 Å². The first-order valence-electron chi connectivity index (χ1n) is 5.82. The van der Waals surface area contributed by atoms with E-state index in [0.29, 0.717) is 0 Å². The molecule has 1 atom stereocenters. The zero-order valence-electron chi connectivity index (χ0n) is 9.59. The lowest BCUT2D eigenvalue weighted by Crippen LogP contribution is -2.43. The molecular formula is C11H17F3N2. The van der Waals surface area contributed by atoms with Crippen molar-refractivity contribution in [3.05, 3.63) is 0 Å². The third-order valence-corrected chi connectivity index (χ3v) is 3.52. The van der Waals surface area contributed by atoms with Crippen LogP contribution >= 0.6 is 0 Å². The van der Waals surface area contributed by atoms with Crippen molar-refractivity contribution in [2.24, 2.45) is 11.0 Å². The largest absolute Gasteiger partial charge is 0.431 e. The molecule has 0 aromatic rings. The van der Waals surface area contributed by atoms with E-state index >= 15 is 0 Å². The minimum atomic E-state index is -4.26. The Hall–Kier alpha value is -0.740. The first kappa shape index (κ1) is 11.7. The van der Waals surface area contributed by atoms with E-state index in [1.165, 1.54) is 0 Å². The monoisotopic (exact) mass is 234 g/mol. The minimum absolute atomic E-state index is 0.0532. The van der Waals surface area contributed by atoms with Gasteiger partial charge in [0.15, 0.2) is 0 Å². The summed E-state index contributed by atoms with van der Waals surface area (Å²) in [6.07, 6.45) is -1.12. The molecule has 2 rings (SSSR count). The Balaban J connectivity index is 2.14. The van der Waals surface area contributed by atoms with E-state index in [0.717, 1.165) is 19.3 Å². The lowest BCUT2D eigenvalue weighted by Gasteiger charge is -2.39. The van der Waals surface area contributed by atoms with Crippen molar-refractivity contribution in [2.45, 2.75) is 57.8 Å². The molecule has 16 heavy (non-hydrogen) atoms. The van der Waals surface area contributed by atoms with E-state index in [1.54, 1.807) is 5.01 Å². The van der Waals surface area contributed by atoms with Crippen LogP contribution in [-0.4, -0.2) is 29.0 Å². The molecule has 2 aliphatic rings. The van der Waals surface area contributed by atoms with E-state index in [-0.39, 0.29) is 24.4 Å². The van der Waals surface area contributed by atoms with Gasteiger partial charge in [0.2, 0.25) is 0 Å². The Bertz CT molecular complexity index is 292. The number of hydrazone groups is 1. The van der Waals surface area contributed by atoms with Crippen molar-refractivity contribution >= 4 is 5.71 Å². The van der Waals surface area contributed by atoms with E-state index < -0.39 is 11.9 Å².